The van der Waals surface area contributed by atoms with Crippen molar-refractivity contribution in [1.82, 2.24) is 4.90 Å². The predicted octanol–water partition coefficient (Wildman–Crippen LogP) is 2.46. The number of benzene rings is 1. The van der Waals surface area contributed by atoms with Crippen molar-refractivity contribution < 1.29 is 9.66 Å². The fraction of sp³-hybridized carbons (Fsp3) is 0.538. The molecule has 1 aliphatic heterocycles. The Balaban J connectivity index is 1.87. The van der Waals surface area contributed by atoms with Crippen molar-refractivity contribution in [1.29, 1.82) is 0 Å². The number of nitro groups is 1. The van der Waals surface area contributed by atoms with Crippen LogP contribution in [0.2, 0.25) is 0 Å². The second kappa shape index (κ2) is 5.82. The van der Waals surface area contributed by atoms with Gasteiger partial charge in [-0.1, -0.05) is 6.42 Å². The van der Waals surface area contributed by atoms with E-state index in [1.54, 1.807) is 12.1 Å². The van der Waals surface area contributed by atoms with Gasteiger partial charge in [0.25, 0.3) is 5.69 Å². The van der Waals surface area contributed by atoms with Crippen LogP contribution in [-0.2, 0) is 0 Å². The summed E-state index contributed by atoms with van der Waals surface area (Å²) < 4.78 is 5.69. The molecule has 1 unspecified atom stereocenters. The number of piperidine rings is 1. The molecule has 1 atom stereocenters. The van der Waals surface area contributed by atoms with Gasteiger partial charge in [-0.2, -0.15) is 0 Å². The van der Waals surface area contributed by atoms with E-state index in [1.807, 2.05) is 0 Å². The molecule has 1 aromatic rings. The van der Waals surface area contributed by atoms with Crippen LogP contribution in [0, 0.1) is 10.1 Å². The summed E-state index contributed by atoms with van der Waals surface area (Å²) in [4.78, 5) is 12.4. The Hall–Kier alpha value is -1.62. The Morgan fingerprint density at radius 2 is 2.11 bits per heavy atom. The fourth-order valence-corrected chi connectivity index (χ4v) is 2.21. The van der Waals surface area contributed by atoms with Crippen LogP contribution in [0.15, 0.2) is 24.3 Å². The first-order valence-electron chi connectivity index (χ1n) is 6.24. The summed E-state index contributed by atoms with van der Waals surface area (Å²) in [6.45, 7) is 1.77. The highest BCUT2D eigenvalue weighted by atomic mass is 16.6. The standard InChI is InChI=1S/C13H18N2O3/c1-14-9-3-2-4-12(14)10-18-13-7-5-11(6-8-13)15(16)17/h5-8,12H,2-4,9-10H2,1H3. The van der Waals surface area contributed by atoms with Gasteiger partial charge in [-0.25, -0.2) is 0 Å². The van der Waals surface area contributed by atoms with E-state index < -0.39 is 4.92 Å². The first-order valence-corrected chi connectivity index (χ1v) is 6.24. The largest absolute Gasteiger partial charge is 0.492 e. The third-order valence-electron chi connectivity index (χ3n) is 3.41. The number of hydrogen-bond acceptors (Lipinski definition) is 4. The molecule has 1 fully saturated rings. The third-order valence-corrected chi connectivity index (χ3v) is 3.41. The molecule has 0 spiro atoms. The molecule has 0 saturated carbocycles. The maximum absolute atomic E-state index is 10.5. The minimum atomic E-state index is -0.404. The van der Waals surface area contributed by atoms with Crippen molar-refractivity contribution in [3.05, 3.63) is 34.4 Å². The number of nitro benzene ring substituents is 1. The van der Waals surface area contributed by atoms with Crippen LogP contribution >= 0.6 is 0 Å². The van der Waals surface area contributed by atoms with E-state index in [1.165, 1.54) is 25.0 Å². The maximum Gasteiger partial charge on any atom is 0.269 e. The lowest BCUT2D eigenvalue weighted by Gasteiger charge is -2.32. The number of likely N-dealkylation sites (tertiary alicyclic amines) is 1. The van der Waals surface area contributed by atoms with Gasteiger partial charge in [0, 0.05) is 18.2 Å². The normalized spacial score (nSPS) is 20.6. The van der Waals surface area contributed by atoms with Gasteiger partial charge in [-0.15, -0.1) is 0 Å². The lowest BCUT2D eigenvalue weighted by molar-refractivity contribution is -0.384. The highest BCUT2D eigenvalue weighted by Crippen LogP contribution is 2.20. The molecule has 0 aliphatic carbocycles. The fourth-order valence-electron chi connectivity index (χ4n) is 2.21. The highest BCUT2D eigenvalue weighted by Gasteiger charge is 2.19. The van der Waals surface area contributed by atoms with Crippen LogP contribution in [0.3, 0.4) is 0 Å². The number of nitrogens with zero attached hydrogens (tertiary/aromatic N) is 2. The summed E-state index contributed by atoms with van der Waals surface area (Å²) in [6.07, 6.45) is 3.66. The smallest absolute Gasteiger partial charge is 0.269 e. The van der Waals surface area contributed by atoms with Crippen molar-refractivity contribution in [3.63, 3.8) is 0 Å². The second-order valence-electron chi connectivity index (χ2n) is 4.69. The molecule has 5 heteroatoms. The molecule has 1 aromatic carbocycles. The highest BCUT2D eigenvalue weighted by molar-refractivity contribution is 5.35. The summed E-state index contributed by atoms with van der Waals surface area (Å²) in [5.41, 5.74) is 0.0946. The Bertz CT molecular complexity index is 405. The molecule has 2 rings (SSSR count). The Labute approximate surface area is 107 Å². The van der Waals surface area contributed by atoms with Crippen LogP contribution in [-0.4, -0.2) is 36.1 Å². The predicted molar refractivity (Wildman–Crippen MR) is 68.9 cm³/mol. The molecule has 5 nitrogen and oxygen atoms in total. The number of likely N-dealkylation sites (N-methyl/N-ethyl adjacent to an activating group) is 1. The van der Waals surface area contributed by atoms with E-state index in [-0.39, 0.29) is 5.69 Å². The van der Waals surface area contributed by atoms with E-state index in [0.29, 0.717) is 18.4 Å². The van der Waals surface area contributed by atoms with Crippen LogP contribution in [0.5, 0.6) is 5.75 Å². The lowest BCUT2D eigenvalue weighted by atomic mass is 10.0. The van der Waals surface area contributed by atoms with Gasteiger partial charge in [0.05, 0.1) is 4.92 Å². The lowest BCUT2D eigenvalue weighted by Crippen LogP contribution is -2.40. The van der Waals surface area contributed by atoms with Crippen molar-refractivity contribution in [2.75, 3.05) is 20.2 Å². The van der Waals surface area contributed by atoms with E-state index in [2.05, 4.69) is 11.9 Å². The summed E-state index contributed by atoms with van der Waals surface area (Å²) in [6, 6.07) is 6.70. The van der Waals surface area contributed by atoms with E-state index >= 15 is 0 Å². The number of non-ortho nitro benzene ring substituents is 1. The van der Waals surface area contributed by atoms with Crippen molar-refractivity contribution in [2.45, 2.75) is 25.3 Å². The van der Waals surface area contributed by atoms with Gasteiger partial charge >= 0.3 is 0 Å². The van der Waals surface area contributed by atoms with Crippen LogP contribution in [0.1, 0.15) is 19.3 Å². The van der Waals surface area contributed by atoms with Gasteiger partial charge < -0.3 is 9.64 Å². The molecular formula is C13H18N2O3. The minimum absolute atomic E-state index is 0.0946. The summed E-state index contributed by atoms with van der Waals surface area (Å²) in [5.74, 6) is 0.694. The summed E-state index contributed by atoms with van der Waals surface area (Å²) in [7, 11) is 2.11. The average molecular weight is 250 g/mol. The third kappa shape index (κ3) is 3.20. The molecule has 98 valence electrons. The zero-order chi connectivity index (χ0) is 13.0. The number of ether oxygens (including phenoxy) is 1. The van der Waals surface area contributed by atoms with E-state index in [4.69, 9.17) is 4.74 Å². The molecule has 1 saturated heterocycles. The van der Waals surface area contributed by atoms with Crippen molar-refractivity contribution >= 4 is 5.69 Å². The molecule has 1 heterocycles. The minimum Gasteiger partial charge on any atom is -0.492 e. The molecule has 18 heavy (non-hydrogen) atoms. The molecule has 0 radical (unpaired) electrons. The van der Waals surface area contributed by atoms with Gasteiger partial charge in [0.15, 0.2) is 0 Å². The molecule has 0 N–H and O–H groups in total. The van der Waals surface area contributed by atoms with Crippen LogP contribution in [0.4, 0.5) is 5.69 Å². The first-order chi connectivity index (χ1) is 8.66. The van der Waals surface area contributed by atoms with Crippen molar-refractivity contribution in [2.24, 2.45) is 0 Å². The molecule has 1 aliphatic rings. The molecular weight excluding hydrogens is 232 g/mol. The first kappa shape index (κ1) is 12.8. The van der Waals surface area contributed by atoms with Crippen LogP contribution < -0.4 is 4.74 Å². The van der Waals surface area contributed by atoms with E-state index in [9.17, 15) is 10.1 Å². The Morgan fingerprint density at radius 1 is 1.39 bits per heavy atom. The van der Waals surface area contributed by atoms with Gasteiger partial charge in [-0.05, 0) is 38.6 Å². The zero-order valence-electron chi connectivity index (χ0n) is 10.5. The summed E-state index contributed by atoms with van der Waals surface area (Å²) in [5, 5.41) is 10.5. The average Bonchev–Trinajstić information content (AvgIpc) is 2.38. The van der Waals surface area contributed by atoms with Crippen molar-refractivity contribution in [3.8, 4) is 5.75 Å². The maximum atomic E-state index is 10.5. The second-order valence-corrected chi connectivity index (χ2v) is 4.69. The quantitative estimate of drug-likeness (QED) is 0.608. The zero-order valence-corrected chi connectivity index (χ0v) is 10.5. The van der Waals surface area contributed by atoms with Gasteiger partial charge in [0.2, 0.25) is 0 Å². The SMILES string of the molecule is CN1CCCCC1COc1ccc([N+](=O)[O-])cc1. The number of rotatable bonds is 4. The summed E-state index contributed by atoms with van der Waals surface area (Å²) >= 11 is 0. The number of hydrogen-bond donors (Lipinski definition) is 0. The van der Waals surface area contributed by atoms with Gasteiger partial charge in [0.1, 0.15) is 12.4 Å². The molecule has 0 aromatic heterocycles. The van der Waals surface area contributed by atoms with E-state index in [0.717, 1.165) is 13.0 Å². The molecule has 0 amide bonds. The monoisotopic (exact) mass is 250 g/mol. The Kier molecular flexibility index (Phi) is 4.15. The van der Waals surface area contributed by atoms with Crippen LogP contribution in [0.25, 0.3) is 0 Å². The van der Waals surface area contributed by atoms with Gasteiger partial charge in [-0.3, -0.25) is 10.1 Å². The molecule has 0 bridgehead atoms. The topological polar surface area (TPSA) is 55.6 Å². The Morgan fingerprint density at radius 3 is 2.72 bits per heavy atom.